The van der Waals surface area contributed by atoms with E-state index in [9.17, 15) is 4.79 Å². The third kappa shape index (κ3) is 3.59. The first-order chi connectivity index (χ1) is 9.02. The highest BCUT2D eigenvalue weighted by molar-refractivity contribution is 7.14. The fourth-order valence-corrected chi connectivity index (χ4v) is 3.02. The smallest absolute Gasteiger partial charge is 0.263 e. The molecule has 0 aliphatic carbocycles. The van der Waals surface area contributed by atoms with Crippen molar-refractivity contribution in [2.24, 2.45) is 5.41 Å². The van der Waals surface area contributed by atoms with Crippen LogP contribution in [0.5, 0.6) is 0 Å². The number of thiophene rings is 1. The average Bonchev–Trinajstić information content (AvgIpc) is 2.95. The summed E-state index contributed by atoms with van der Waals surface area (Å²) in [6.45, 7) is 6.14. The fraction of sp³-hybridized carbons (Fsp3) is 0.533. The Bertz CT molecular complexity index is 522. The van der Waals surface area contributed by atoms with E-state index in [1.54, 1.807) is 0 Å². The Morgan fingerprint density at radius 2 is 2.32 bits per heavy atom. The zero-order chi connectivity index (χ0) is 13.9. The normalized spacial score (nSPS) is 17.1. The lowest BCUT2D eigenvalue weighted by molar-refractivity contribution is 0.0783. The highest BCUT2D eigenvalue weighted by atomic mass is 32.1. The van der Waals surface area contributed by atoms with Gasteiger partial charge in [-0.15, -0.1) is 11.3 Å². The number of nitrogens with zero attached hydrogens (tertiary/aromatic N) is 1. The first kappa shape index (κ1) is 14.1. The molecule has 0 radical (unpaired) electrons. The van der Waals surface area contributed by atoms with E-state index >= 15 is 0 Å². The standard InChI is InChI=1S/C15H19NO2S/c1-15(2)8-9-16(11-15)14(18)13-7-6-12(19-13)5-3-4-10-17/h6-7,17H,4,8-11H2,1-2H3. The predicted molar refractivity (Wildman–Crippen MR) is 77.2 cm³/mol. The number of aliphatic hydroxyl groups excluding tert-OH is 1. The molecule has 1 N–H and O–H groups in total. The summed E-state index contributed by atoms with van der Waals surface area (Å²) in [4.78, 5) is 15.9. The van der Waals surface area contributed by atoms with Crippen LogP contribution in [0.4, 0.5) is 0 Å². The van der Waals surface area contributed by atoms with Crippen molar-refractivity contribution in [2.45, 2.75) is 26.7 Å². The maximum absolute atomic E-state index is 12.3. The molecule has 1 aliphatic heterocycles. The van der Waals surface area contributed by atoms with Gasteiger partial charge in [0.15, 0.2) is 0 Å². The van der Waals surface area contributed by atoms with Crippen molar-refractivity contribution >= 4 is 17.2 Å². The summed E-state index contributed by atoms with van der Waals surface area (Å²) in [6, 6.07) is 3.73. The van der Waals surface area contributed by atoms with Crippen molar-refractivity contribution < 1.29 is 9.90 Å². The van der Waals surface area contributed by atoms with Crippen LogP contribution in [0.2, 0.25) is 0 Å². The van der Waals surface area contributed by atoms with E-state index in [2.05, 4.69) is 25.7 Å². The Labute approximate surface area is 118 Å². The van der Waals surface area contributed by atoms with Crippen LogP contribution < -0.4 is 0 Å². The van der Waals surface area contributed by atoms with Crippen LogP contribution >= 0.6 is 11.3 Å². The van der Waals surface area contributed by atoms with Crippen LogP contribution in [0.25, 0.3) is 0 Å². The molecule has 1 saturated heterocycles. The number of hydrogen-bond acceptors (Lipinski definition) is 3. The summed E-state index contributed by atoms with van der Waals surface area (Å²) in [6.07, 6.45) is 1.54. The van der Waals surface area contributed by atoms with Crippen LogP contribution in [-0.4, -0.2) is 35.6 Å². The molecule has 0 atom stereocenters. The summed E-state index contributed by atoms with van der Waals surface area (Å²) in [7, 11) is 0. The molecule has 2 rings (SSSR count). The van der Waals surface area contributed by atoms with Gasteiger partial charge in [0.25, 0.3) is 5.91 Å². The molecule has 0 bridgehead atoms. The van der Waals surface area contributed by atoms with Gasteiger partial charge in [0.1, 0.15) is 0 Å². The topological polar surface area (TPSA) is 40.5 Å². The molecule has 19 heavy (non-hydrogen) atoms. The molecule has 102 valence electrons. The Morgan fingerprint density at radius 1 is 1.53 bits per heavy atom. The molecule has 2 heterocycles. The van der Waals surface area contributed by atoms with E-state index in [-0.39, 0.29) is 17.9 Å². The van der Waals surface area contributed by atoms with Gasteiger partial charge >= 0.3 is 0 Å². The molecular weight excluding hydrogens is 258 g/mol. The van der Waals surface area contributed by atoms with Crippen molar-refractivity contribution in [3.05, 3.63) is 21.9 Å². The highest BCUT2D eigenvalue weighted by Gasteiger charge is 2.32. The monoisotopic (exact) mass is 277 g/mol. The van der Waals surface area contributed by atoms with Crippen LogP contribution in [0.15, 0.2) is 12.1 Å². The number of carbonyl (C=O) groups excluding carboxylic acids is 1. The molecule has 1 aromatic heterocycles. The van der Waals surface area contributed by atoms with Gasteiger partial charge < -0.3 is 10.0 Å². The largest absolute Gasteiger partial charge is 0.395 e. The number of carbonyl (C=O) groups is 1. The minimum Gasteiger partial charge on any atom is -0.395 e. The average molecular weight is 277 g/mol. The summed E-state index contributed by atoms with van der Waals surface area (Å²) in [5.74, 6) is 5.95. The first-order valence-electron chi connectivity index (χ1n) is 6.51. The van der Waals surface area contributed by atoms with Crippen molar-refractivity contribution in [1.29, 1.82) is 0 Å². The molecule has 0 spiro atoms. The molecule has 1 amide bonds. The van der Waals surface area contributed by atoms with Gasteiger partial charge in [0.05, 0.1) is 16.4 Å². The van der Waals surface area contributed by atoms with E-state index in [0.29, 0.717) is 6.42 Å². The molecule has 0 unspecified atom stereocenters. The van der Waals surface area contributed by atoms with Gasteiger partial charge in [-0.05, 0) is 24.0 Å². The number of amides is 1. The van der Waals surface area contributed by atoms with Crippen LogP contribution in [0.1, 0.15) is 41.2 Å². The lowest BCUT2D eigenvalue weighted by Gasteiger charge is -2.19. The van der Waals surface area contributed by atoms with E-state index in [0.717, 1.165) is 29.3 Å². The first-order valence-corrected chi connectivity index (χ1v) is 7.32. The van der Waals surface area contributed by atoms with E-state index < -0.39 is 0 Å². The van der Waals surface area contributed by atoms with Gasteiger partial charge in [0.2, 0.25) is 0 Å². The lowest BCUT2D eigenvalue weighted by Crippen LogP contribution is -2.29. The number of hydrogen-bond donors (Lipinski definition) is 1. The van der Waals surface area contributed by atoms with Crippen molar-refractivity contribution in [1.82, 2.24) is 4.90 Å². The third-order valence-electron chi connectivity index (χ3n) is 3.23. The molecule has 3 nitrogen and oxygen atoms in total. The summed E-state index contributed by atoms with van der Waals surface area (Å²) in [5, 5.41) is 8.67. The molecule has 0 saturated carbocycles. The SMILES string of the molecule is CC1(C)CCN(C(=O)c2ccc(C#CCCO)s2)C1. The number of aliphatic hydroxyl groups is 1. The minimum atomic E-state index is 0.0764. The fourth-order valence-electron chi connectivity index (χ4n) is 2.17. The Balaban J connectivity index is 2.03. The molecule has 1 aliphatic rings. The minimum absolute atomic E-state index is 0.0764. The van der Waals surface area contributed by atoms with Gasteiger partial charge in [-0.3, -0.25) is 4.79 Å². The number of likely N-dealkylation sites (tertiary alicyclic amines) is 1. The molecular formula is C15H19NO2S. The summed E-state index contributed by atoms with van der Waals surface area (Å²) in [5.41, 5.74) is 0.233. The molecule has 1 aromatic rings. The van der Waals surface area contributed by atoms with Crippen molar-refractivity contribution in [2.75, 3.05) is 19.7 Å². The second-order valence-corrected chi connectivity index (χ2v) is 6.66. The van der Waals surface area contributed by atoms with E-state index in [4.69, 9.17) is 5.11 Å². The lowest BCUT2D eigenvalue weighted by atomic mass is 9.93. The summed E-state index contributed by atoms with van der Waals surface area (Å²) >= 11 is 1.43. The van der Waals surface area contributed by atoms with E-state index in [1.807, 2.05) is 17.0 Å². The zero-order valence-electron chi connectivity index (χ0n) is 11.4. The maximum atomic E-state index is 12.3. The third-order valence-corrected chi connectivity index (χ3v) is 4.22. The van der Waals surface area contributed by atoms with Gasteiger partial charge in [-0.25, -0.2) is 0 Å². The zero-order valence-corrected chi connectivity index (χ0v) is 12.2. The Morgan fingerprint density at radius 3 is 2.95 bits per heavy atom. The Hall–Kier alpha value is -1.31. The van der Waals surface area contributed by atoms with Crippen molar-refractivity contribution in [3.8, 4) is 11.8 Å². The molecule has 1 fully saturated rings. The van der Waals surface area contributed by atoms with Crippen LogP contribution in [0.3, 0.4) is 0 Å². The quantitative estimate of drug-likeness (QED) is 0.843. The van der Waals surface area contributed by atoms with Gasteiger partial charge in [-0.1, -0.05) is 25.7 Å². The van der Waals surface area contributed by atoms with Gasteiger partial charge in [0, 0.05) is 19.5 Å². The number of rotatable bonds is 2. The predicted octanol–water partition coefficient (Wildman–Crippen LogP) is 2.35. The van der Waals surface area contributed by atoms with Crippen molar-refractivity contribution in [3.63, 3.8) is 0 Å². The van der Waals surface area contributed by atoms with E-state index in [1.165, 1.54) is 11.3 Å². The second kappa shape index (κ2) is 5.77. The van der Waals surface area contributed by atoms with Gasteiger partial charge in [-0.2, -0.15) is 0 Å². The van der Waals surface area contributed by atoms with Crippen LogP contribution in [0, 0.1) is 17.3 Å². The summed E-state index contributed by atoms with van der Waals surface area (Å²) < 4.78 is 0. The Kier molecular flexibility index (Phi) is 4.28. The van der Waals surface area contributed by atoms with Crippen LogP contribution in [-0.2, 0) is 0 Å². The second-order valence-electron chi connectivity index (χ2n) is 5.58. The maximum Gasteiger partial charge on any atom is 0.263 e. The highest BCUT2D eigenvalue weighted by Crippen LogP contribution is 2.30. The molecule has 0 aromatic carbocycles. The molecule has 4 heteroatoms.